The predicted octanol–water partition coefficient (Wildman–Crippen LogP) is 1.30. The molecule has 0 aromatic rings. The minimum absolute atomic E-state index is 0.463. The van der Waals surface area contributed by atoms with Gasteiger partial charge in [-0.1, -0.05) is 12.7 Å². The first-order valence-corrected chi connectivity index (χ1v) is 5.65. The first-order chi connectivity index (χ1) is 9.03. The van der Waals surface area contributed by atoms with Crippen LogP contribution >= 0.6 is 0 Å². The van der Waals surface area contributed by atoms with Gasteiger partial charge in [0, 0.05) is 0 Å². The standard InChI is InChI=1S/C13H17NO5/c1-5-9(17-3)7-6-8(2)11-10(12(15)18-4)14-13(16)19-11/h5-7,10-11H,2H2,1,3-4H3,(H,14,16)/b7-6-,9-5+/t10-,11+/m0/s1. The summed E-state index contributed by atoms with van der Waals surface area (Å²) in [6.45, 7) is 5.60. The van der Waals surface area contributed by atoms with Gasteiger partial charge in [-0.3, -0.25) is 0 Å². The Morgan fingerprint density at radius 2 is 2.05 bits per heavy atom. The third-order valence-corrected chi connectivity index (χ3v) is 2.61. The second kappa shape index (κ2) is 6.63. The summed E-state index contributed by atoms with van der Waals surface area (Å²) in [5.74, 6) is 0.0523. The molecule has 0 unspecified atom stereocenters. The molecule has 6 heteroatoms. The van der Waals surface area contributed by atoms with Crippen molar-refractivity contribution in [2.45, 2.75) is 19.1 Å². The molecular weight excluding hydrogens is 250 g/mol. The van der Waals surface area contributed by atoms with Crippen molar-refractivity contribution in [1.82, 2.24) is 5.32 Å². The number of rotatable bonds is 5. The average molecular weight is 267 g/mol. The highest BCUT2D eigenvalue weighted by atomic mass is 16.6. The highest BCUT2D eigenvalue weighted by Gasteiger charge is 2.41. The van der Waals surface area contributed by atoms with Crippen molar-refractivity contribution in [3.63, 3.8) is 0 Å². The molecule has 0 radical (unpaired) electrons. The molecule has 0 bridgehead atoms. The van der Waals surface area contributed by atoms with Gasteiger partial charge in [-0.05, 0) is 24.6 Å². The van der Waals surface area contributed by atoms with Gasteiger partial charge in [-0.15, -0.1) is 0 Å². The molecule has 1 aliphatic rings. The Labute approximate surface area is 111 Å². The Balaban J connectivity index is 2.80. The van der Waals surface area contributed by atoms with Gasteiger partial charge in [-0.2, -0.15) is 0 Å². The molecule has 1 aliphatic heterocycles. The first-order valence-electron chi connectivity index (χ1n) is 5.65. The summed E-state index contributed by atoms with van der Waals surface area (Å²) < 4.78 is 14.6. The van der Waals surface area contributed by atoms with E-state index >= 15 is 0 Å². The number of alkyl carbamates (subject to hydrolysis) is 1. The zero-order valence-corrected chi connectivity index (χ0v) is 11.1. The number of amides is 1. The number of carbonyl (C=O) groups is 2. The maximum Gasteiger partial charge on any atom is 0.408 e. The molecule has 1 N–H and O–H groups in total. The van der Waals surface area contributed by atoms with Gasteiger partial charge in [0.15, 0.2) is 12.1 Å². The quantitative estimate of drug-likeness (QED) is 0.461. The third kappa shape index (κ3) is 3.61. The van der Waals surface area contributed by atoms with E-state index in [0.717, 1.165) is 0 Å². The minimum Gasteiger partial charge on any atom is -0.497 e. The molecule has 6 nitrogen and oxygen atoms in total. The monoisotopic (exact) mass is 267 g/mol. The van der Waals surface area contributed by atoms with Crippen LogP contribution in [0.2, 0.25) is 0 Å². The van der Waals surface area contributed by atoms with Gasteiger partial charge >= 0.3 is 12.1 Å². The Bertz CT molecular complexity index is 438. The van der Waals surface area contributed by atoms with Crippen LogP contribution in [0.15, 0.2) is 36.1 Å². The number of carbonyl (C=O) groups excluding carboxylic acids is 2. The van der Waals surface area contributed by atoms with E-state index in [1.807, 2.05) is 6.92 Å². The number of allylic oxidation sites excluding steroid dienone is 2. The number of hydrogen-bond donors (Lipinski definition) is 1. The average Bonchev–Trinajstić information content (AvgIpc) is 2.81. The fraction of sp³-hybridized carbons (Fsp3) is 0.385. The number of nitrogens with one attached hydrogen (secondary N) is 1. The number of hydrogen-bond acceptors (Lipinski definition) is 5. The third-order valence-electron chi connectivity index (χ3n) is 2.61. The van der Waals surface area contributed by atoms with Gasteiger partial charge in [0.25, 0.3) is 0 Å². The van der Waals surface area contributed by atoms with Crippen molar-refractivity contribution >= 4 is 12.1 Å². The van der Waals surface area contributed by atoms with E-state index in [1.54, 1.807) is 18.2 Å². The van der Waals surface area contributed by atoms with Gasteiger partial charge in [0.05, 0.1) is 14.2 Å². The van der Waals surface area contributed by atoms with E-state index in [-0.39, 0.29) is 0 Å². The molecule has 1 rings (SSSR count). The Kier molecular flexibility index (Phi) is 5.17. The molecule has 1 saturated heterocycles. The summed E-state index contributed by atoms with van der Waals surface area (Å²) in [5, 5.41) is 2.37. The summed E-state index contributed by atoms with van der Waals surface area (Å²) in [5.41, 5.74) is 0.463. The summed E-state index contributed by atoms with van der Waals surface area (Å²) in [4.78, 5) is 22.7. The molecule has 1 amide bonds. The number of esters is 1. The van der Waals surface area contributed by atoms with Crippen LogP contribution in [-0.4, -0.2) is 38.4 Å². The van der Waals surface area contributed by atoms with Gasteiger partial charge in [0.1, 0.15) is 5.76 Å². The predicted molar refractivity (Wildman–Crippen MR) is 68.3 cm³/mol. The van der Waals surface area contributed by atoms with Crippen LogP contribution in [0.4, 0.5) is 4.79 Å². The molecule has 0 aromatic carbocycles. The number of methoxy groups -OCH3 is 2. The van der Waals surface area contributed by atoms with Gasteiger partial charge in [-0.25, -0.2) is 9.59 Å². The van der Waals surface area contributed by atoms with Crippen molar-refractivity contribution in [2.24, 2.45) is 0 Å². The Morgan fingerprint density at radius 1 is 1.37 bits per heavy atom. The lowest BCUT2D eigenvalue weighted by Crippen LogP contribution is -2.40. The summed E-state index contributed by atoms with van der Waals surface area (Å²) in [6.07, 6.45) is 3.60. The van der Waals surface area contributed by atoms with E-state index in [1.165, 1.54) is 14.2 Å². The highest BCUT2D eigenvalue weighted by Crippen LogP contribution is 2.19. The summed E-state index contributed by atoms with van der Waals surface area (Å²) in [6, 6.07) is -0.883. The summed E-state index contributed by atoms with van der Waals surface area (Å²) in [7, 11) is 2.78. The van der Waals surface area contributed by atoms with Crippen molar-refractivity contribution < 1.29 is 23.8 Å². The fourth-order valence-electron chi connectivity index (χ4n) is 1.59. The van der Waals surface area contributed by atoms with Crippen LogP contribution in [0.3, 0.4) is 0 Å². The van der Waals surface area contributed by atoms with Crippen LogP contribution in [0.25, 0.3) is 0 Å². The zero-order chi connectivity index (χ0) is 14.4. The normalized spacial score (nSPS) is 22.9. The number of ether oxygens (including phenoxy) is 3. The summed E-state index contributed by atoms with van der Waals surface area (Å²) >= 11 is 0. The van der Waals surface area contributed by atoms with Crippen molar-refractivity contribution in [3.05, 3.63) is 36.1 Å². The van der Waals surface area contributed by atoms with E-state index in [0.29, 0.717) is 11.3 Å². The van der Waals surface area contributed by atoms with Crippen molar-refractivity contribution in [1.29, 1.82) is 0 Å². The molecule has 0 saturated carbocycles. The Morgan fingerprint density at radius 3 is 2.58 bits per heavy atom. The smallest absolute Gasteiger partial charge is 0.408 e. The number of cyclic esters (lactones) is 1. The molecule has 19 heavy (non-hydrogen) atoms. The lowest BCUT2D eigenvalue weighted by molar-refractivity contribution is -0.143. The topological polar surface area (TPSA) is 73.9 Å². The van der Waals surface area contributed by atoms with Crippen molar-refractivity contribution in [3.8, 4) is 0 Å². The highest BCUT2D eigenvalue weighted by molar-refractivity contribution is 5.85. The van der Waals surface area contributed by atoms with Crippen LogP contribution in [0, 0.1) is 0 Å². The van der Waals surface area contributed by atoms with E-state index < -0.39 is 24.2 Å². The molecule has 0 aliphatic carbocycles. The molecule has 1 heterocycles. The second-order valence-corrected chi connectivity index (χ2v) is 3.77. The second-order valence-electron chi connectivity index (χ2n) is 3.77. The minimum atomic E-state index is -0.883. The molecule has 0 aromatic heterocycles. The van der Waals surface area contributed by atoms with Gasteiger partial charge in [0.2, 0.25) is 0 Å². The molecule has 104 valence electrons. The first kappa shape index (κ1) is 14.8. The van der Waals surface area contributed by atoms with Crippen LogP contribution in [0.5, 0.6) is 0 Å². The molecule has 0 spiro atoms. The van der Waals surface area contributed by atoms with Crippen LogP contribution in [0.1, 0.15) is 6.92 Å². The van der Waals surface area contributed by atoms with Crippen molar-refractivity contribution in [2.75, 3.05) is 14.2 Å². The fourth-order valence-corrected chi connectivity index (χ4v) is 1.59. The van der Waals surface area contributed by atoms with Crippen LogP contribution in [-0.2, 0) is 19.0 Å². The maximum atomic E-state index is 11.5. The molecule has 2 atom stereocenters. The molecule has 1 fully saturated rings. The van der Waals surface area contributed by atoms with Crippen LogP contribution < -0.4 is 5.32 Å². The van der Waals surface area contributed by atoms with E-state index in [4.69, 9.17) is 9.47 Å². The zero-order valence-electron chi connectivity index (χ0n) is 11.1. The largest absolute Gasteiger partial charge is 0.497 e. The Hall–Kier alpha value is -2.24. The van der Waals surface area contributed by atoms with E-state index in [2.05, 4.69) is 16.6 Å². The van der Waals surface area contributed by atoms with E-state index in [9.17, 15) is 9.59 Å². The lowest BCUT2D eigenvalue weighted by Gasteiger charge is -2.14. The molecular formula is C13H17NO5. The lowest BCUT2D eigenvalue weighted by atomic mass is 10.0. The van der Waals surface area contributed by atoms with Gasteiger partial charge < -0.3 is 19.5 Å². The maximum absolute atomic E-state index is 11.5. The SMILES string of the molecule is C=C(/C=C\C(=C/C)OC)[C@H]1OC(=O)N[C@@H]1C(=O)OC.